The first-order valence-electron chi connectivity index (χ1n) is 4.71. The zero-order valence-electron chi connectivity index (χ0n) is 8.86. The molecule has 0 aliphatic carbocycles. The molecule has 0 unspecified atom stereocenters. The summed E-state index contributed by atoms with van der Waals surface area (Å²) in [6, 6.07) is 1.76. The average Bonchev–Trinajstić information content (AvgIpc) is 2.47. The van der Waals surface area contributed by atoms with Crippen LogP contribution in [0.4, 0.5) is 5.82 Å². The van der Waals surface area contributed by atoms with E-state index in [0.29, 0.717) is 24.7 Å². The van der Waals surface area contributed by atoms with Crippen LogP contribution in [0.2, 0.25) is 0 Å². The summed E-state index contributed by atoms with van der Waals surface area (Å²) in [6.07, 6.45) is -0.409. The summed E-state index contributed by atoms with van der Waals surface area (Å²) in [5.74, 6) is 0.601. The van der Waals surface area contributed by atoms with Crippen molar-refractivity contribution in [3.8, 4) is 0 Å². The molecule has 5 nitrogen and oxygen atoms in total. The number of rotatable bonds is 5. The Bertz CT molecular complexity index is 260. The Morgan fingerprint density at radius 1 is 1.43 bits per heavy atom. The Morgan fingerprint density at radius 3 is 2.36 bits per heavy atom. The van der Waals surface area contributed by atoms with E-state index in [0.717, 1.165) is 0 Å². The van der Waals surface area contributed by atoms with E-state index in [1.165, 1.54) is 0 Å². The van der Waals surface area contributed by atoms with Gasteiger partial charge in [-0.15, -0.1) is 0 Å². The molecular weight excluding hydrogens is 182 g/mol. The van der Waals surface area contributed by atoms with Crippen molar-refractivity contribution in [2.75, 3.05) is 18.9 Å². The smallest absolute Gasteiger partial charge is 0.202 e. The van der Waals surface area contributed by atoms with E-state index < -0.39 is 6.29 Å². The van der Waals surface area contributed by atoms with E-state index in [1.807, 2.05) is 13.8 Å². The molecule has 0 amide bonds. The van der Waals surface area contributed by atoms with E-state index in [4.69, 9.17) is 15.2 Å². The quantitative estimate of drug-likeness (QED) is 0.721. The molecule has 0 aromatic carbocycles. The molecule has 2 N–H and O–H groups in total. The molecule has 0 aliphatic rings. The molecule has 1 aromatic rings. The summed E-state index contributed by atoms with van der Waals surface area (Å²) in [4.78, 5) is 0. The molecule has 0 spiro atoms. The van der Waals surface area contributed by atoms with Crippen LogP contribution in [0.1, 0.15) is 25.8 Å². The van der Waals surface area contributed by atoms with Crippen LogP contribution in [-0.4, -0.2) is 23.0 Å². The fourth-order valence-electron chi connectivity index (χ4n) is 1.14. The standard InChI is InChI=1S/C9H17N3O2/c1-4-13-9(14-5-2)7-6-8(10)12(3)11-7/h6,9H,4-5,10H2,1-3H3. The van der Waals surface area contributed by atoms with Gasteiger partial charge in [-0.25, -0.2) is 0 Å². The molecule has 1 rings (SSSR count). The second-order valence-electron chi connectivity index (χ2n) is 2.86. The summed E-state index contributed by atoms with van der Waals surface area (Å²) in [5, 5.41) is 4.19. The molecule has 0 aliphatic heterocycles. The van der Waals surface area contributed by atoms with Gasteiger partial charge in [0.15, 0.2) is 0 Å². The fourth-order valence-corrected chi connectivity index (χ4v) is 1.14. The summed E-state index contributed by atoms with van der Waals surface area (Å²) >= 11 is 0. The van der Waals surface area contributed by atoms with Crippen LogP contribution in [0.3, 0.4) is 0 Å². The molecule has 0 atom stereocenters. The number of ether oxygens (including phenoxy) is 2. The maximum absolute atomic E-state index is 5.66. The molecule has 0 radical (unpaired) electrons. The van der Waals surface area contributed by atoms with Gasteiger partial charge in [0.1, 0.15) is 11.5 Å². The van der Waals surface area contributed by atoms with Gasteiger partial charge < -0.3 is 15.2 Å². The SMILES string of the molecule is CCOC(OCC)c1cc(N)n(C)n1. The highest BCUT2D eigenvalue weighted by molar-refractivity contribution is 5.30. The molecule has 1 aromatic heterocycles. The summed E-state index contributed by atoms with van der Waals surface area (Å²) in [7, 11) is 1.79. The van der Waals surface area contributed by atoms with Crippen LogP contribution in [0, 0.1) is 0 Å². The lowest BCUT2D eigenvalue weighted by Gasteiger charge is -2.13. The molecular formula is C9H17N3O2. The maximum Gasteiger partial charge on any atom is 0.202 e. The Balaban J connectivity index is 2.76. The molecule has 14 heavy (non-hydrogen) atoms. The van der Waals surface area contributed by atoms with Gasteiger partial charge in [0, 0.05) is 26.3 Å². The van der Waals surface area contributed by atoms with E-state index in [-0.39, 0.29) is 0 Å². The minimum atomic E-state index is -0.409. The number of hydrogen-bond acceptors (Lipinski definition) is 4. The number of nitrogens with two attached hydrogens (primary N) is 1. The fraction of sp³-hybridized carbons (Fsp3) is 0.667. The third-order valence-corrected chi connectivity index (χ3v) is 1.81. The largest absolute Gasteiger partial charge is 0.384 e. The summed E-state index contributed by atoms with van der Waals surface area (Å²) in [6.45, 7) is 5.00. The maximum atomic E-state index is 5.66. The second kappa shape index (κ2) is 4.97. The highest BCUT2D eigenvalue weighted by Crippen LogP contribution is 2.19. The number of nitrogens with zero attached hydrogens (tertiary/aromatic N) is 2. The Labute approximate surface area is 83.8 Å². The van der Waals surface area contributed by atoms with Gasteiger partial charge >= 0.3 is 0 Å². The summed E-state index contributed by atoms with van der Waals surface area (Å²) < 4.78 is 12.4. The zero-order chi connectivity index (χ0) is 10.6. The van der Waals surface area contributed by atoms with Crippen molar-refractivity contribution >= 4 is 5.82 Å². The van der Waals surface area contributed by atoms with Gasteiger partial charge in [-0.1, -0.05) is 0 Å². The van der Waals surface area contributed by atoms with E-state index in [2.05, 4.69) is 5.10 Å². The monoisotopic (exact) mass is 199 g/mol. The zero-order valence-corrected chi connectivity index (χ0v) is 8.86. The third-order valence-electron chi connectivity index (χ3n) is 1.81. The van der Waals surface area contributed by atoms with Crippen molar-refractivity contribution in [3.05, 3.63) is 11.8 Å². The first kappa shape index (κ1) is 11.0. The third kappa shape index (κ3) is 2.46. The van der Waals surface area contributed by atoms with Crippen molar-refractivity contribution in [2.24, 2.45) is 7.05 Å². The van der Waals surface area contributed by atoms with Gasteiger partial charge in [0.25, 0.3) is 0 Å². The minimum absolute atomic E-state index is 0.409. The highest BCUT2D eigenvalue weighted by atomic mass is 16.7. The number of aryl methyl sites for hydroxylation is 1. The molecule has 80 valence electrons. The van der Waals surface area contributed by atoms with Gasteiger partial charge in [-0.3, -0.25) is 4.68 Å². The van der Waals surface area contributed by atoms with Crippen LogP contribution in [0.25, 0.3) is 0 Å². The van der Waals surface area contributed by atoms with Crippen LogP contribution >= 0.6 is 0 Å². The second-order valence-corrected chi connectivity index (χ2v) is 2.86. The Kier molecular flexibility index (Phi) is 3.91. The first-order valence-corrected chi connectivity index (χ1v) is 4.71. The lowest BCUT2D eigenvalue weighted by Crippen LogP contribution is -2.09. The lowest BCUT2D eigenvalue weighted by molar-refractivity contribution is -0.142. The molecule has 0 saturated heterocycles. The predicted molar refractivity (Wildman–Crippen MR) is 53.6 cm³/mol. The topological polar surface area (TPSA) is 62.3 Å². The van der Waals surface area contributed by atoms with E-state index in [1.54, 1.807) is 17.8 Å². The Morgan fingerprint density at radius 2 is 2.00 bits per heavy atom. The highest BCUT2D eigenvalue weighted by Gasteiger charge is 2.15. The van der Waals surface area contributed by atoms with Gasteiger partial charge in [-0.2, -0.15) is 5.10 Å². The Hall–Kier alpha value is -1.07. The number of hydrogen-bond donors (Lipinski definition) is 1. The molecule has 0 saturated carbocycles. The van der Waals surface area contributed by atoms with Crippen molar-refractivity contribution in [1.29, 1.82) is 0 Å². The summed E-state index contributed by atoms with van der Waals surface area (Å²) in [5.41, 5.74) is 6.38. The van der Waals surface area contributed by atoms with Crippen LogP contribution in [0.5, 0.6) is 0 Å². The van der Waals surface area contributed by atoms with Crippen LogP contribution in [0.15, 0.2) is 6.07 Å². The number of aromatic nitrogens is 2. The van der Waals surface area contributed by atoms with Crippen LogP contribution < -0.4 is 5.73 Å². The molecule has 0 bridgehead atoms. The van der Waals surface area contributed by atoms with Gasteiger partial charge in [0.05, 0.1) is 0 Å². The van der Waals surface area contributed by atoms with E-state index in [9.17, 15) is 0 Å². The van der Waals surface area contributed by atoms with Gasteiger partial charge in [0.2, 0.25) is 6.29 Å². The molecule has 5 heteroatoms. The average molecular weight is 199 g/mol. The predicted octanol–water partition coefficient (Wildman–Crippen LogP) is 1.07. The first-order chi connectivity index (χ1) is 6.69. The van der Waals surface area contributed by atoms with Crippen molar-refractivity contribution in [2.45, 2.75) is 20.1 Å². The van der Waals surface area contributed by atoms with Gasteiger partial charge in [-0.05, 0) is 13.8 Å². The van der Waals surface area contributed by atoms with Crippen molar-refractivity contribution < 1.29 is 9.47 Å². The molecule has 0 fully saturated rings. The normalized spacial score (nSPS) is 11.1. The van der Waals surface area contributed by atoms with Crippen molar-refractivity contribution in [1.82, 2.24) is 9.78 Å². The van der Waals surface area contributed by atoms with E-state index >= 15 is 0 Å². The number of nitrogen functional groups attached to an aromatic ring is 1. The van der Waals surface area contributed by atoms with Crippen molar-refractivity contribution in [3.63, 3.8) is 0 Å². The molecule has 1 heterocycles. The number of anilines is 1. The van der Waals surface area contributed by atoms with Crippen LogP contribution in [-0.2, 0) is 16.5 Å². The lowest BCUT2D eigenvalue weighted by atomic mass is 10.4. The minimum Gasteiger partial charge on any atom is -0.384 e.